The Morgan fingerprint density at radius 2 is 1.74 bits per heavy atom. The number of nitrogens with two attached hydrogens (primary N) is 1. The summed E-state index contributed by atoms with van der Waals surface area (Å²) in [6, 6.07) is 11.7. The van der Waals surface area contributed by atoms with Gasteiger partial charge in [0.05, 0.1) is 16.1 Å². The number of carbonyl (C=O) groups is 1. The van der Waals surface area contributed by atoms with Crippen molar-refractivity contribution in [3.63, 3.8) is 0 Å². The van der Waals surface area contributed by atoms with Crippen molar-refractivity contribution >= 4 is 34.0 Å². The molecule has 0 aliphatic heterocycles. The van der Waals surface area contributed by atoms with Gasteiger partial charge in [-0.2, -0.15) is 0 Å². The van der Waals surface area contributed by atoms with Crippen molar-refractivity contribution in [1.82, 2.24) is 5.32 Å². The maximum Gasteiger partial charge on any atom is 0.262 e. The summed E-state index contributed by atoms with van der Waals surface area (Å²) in [5, 5.41) is 2.73. The molecule has 0 atom stereocenters. The number of anilines is 1. The van der Waals surface area contributed by atoms with Crippen LogP contribution in [0.15, 0.2) is 47.4 Å². The predicted molar refractivity (Wildman–Crippen MR) is 111 cm³/mol. The number of halogens is 1. The summed E-state index contributed by atoms with van der Waals surface area (Å²) in [7, 11) is -3.82. The van der Waals surface area contributed by atoms with E-state index in [1.54, 1.807) is 57.2 Å². The highest BCUT2D eigenvalue weighted by molar-refractivity contribution is 7.92. The number of sulfonamides is 1. The molecule has 2 rings (SSSR count). The van der Waals surface area contributed by atoms with Crippen LogP contribution >= 0.6 is 12.4 Å². The third kappa shape index (κ3) is 6.23. The summed E-state index contributed by atoms with van der Waals surface area (Å²) in [5.41, 5.74) is 7.25. The van der Waals surface area contributed by atoms with Crippen LogP contribution in [0.5, 0.6) is 0 Å². The SMILES string of the molecule is Cc1ccc(C)c(S(=O)(=O)Nc2ccccc2C(=O)NCC(C)(C)N)c1.Cl. The third-order valence-electron chi connectivity index (χ3n) is 3.75. The average Bonchev–Trinajstić information content (AvgIpc) is 2.54. The molecule has 0 heterocycles. The zero-order valence-corrected chi connectivity index (χ0v) is 17.5. The van der Waals surface area contributed by atoms with Crippen molar-refractivity contribution in [2.75, 3.05) is 11.3 Å². The summed E-state index contributed by atoms with van der Waals surface area (Å²) in [6.45, 7) is 7.42. The second-order valence-electron chi connectivity index (χ2n) is 7.09. The van der Waals surface area contributed by atoms with Crippen LogP contribution in [0.2, 0.25) is 0 Å². The predicted octanol–water partition coefficient (Wildman–Crippen LogP) is 2.99. The number of hydrogen-bond donors (Lipinski definition) is 3. The van der Waals surface area contributed by atoms with Gasteiger partial charge in [-0.1, -0.05) is 24.3 Å². The van der Waals surface area contributed by atoms with E-state index in [2.05, 4.69) is 10.0 Å². The van der Waals surface area contributed by atoms with Crippen LogP contribution in [-0.4, -0.2) is 26.4 Å². The fraction of sp³-hybridized carbons (Fsp3) is 0.316. The average molecular weight is 412 g/mol. The highest BCUT2D eigenvalue weighted by Crippen LogP contribution is 2.23. The van der Waals surface area contributed by atoms with Crippen LogP contribution in [0.1, 0.15) is 35.3 Å². The maximum atomic E-state index is 12.8. The van der Waals surface area contributed by atoms with Gasteiger partial charge in [0.2, 0.25) is 0 Å². The molecule has 6 nitrogen and oxygen atoms in total. The van der Waals surface area contributed by atoms with Crippen LogP contribution in [0.4, 0.5) is 5.69 Å². The van der Waals surface area contributed by atoms with E-state index in [1.807, 2.05) is 13.0 Å². The van der Waals surface area contributed by atoms with E-state index in [4.69, 9.17) is 5.73 Å². The van der Waals surface area contributed by atoms with E-state index < -0.39 is 15.6 Å². The van der Waals surface area contributed by atoms with Gasteiger partial charge in [0.25, 0.3) is 15.9 Å². The Bertz CT molecular complexity index is 922. The zero-order chi connectivity index (χ0) is 19.5. The Kier molecular flexibility index (Phi) is 7.42. The minimum absolute atomic E-state index is 0. The van der Waals surface area contributed by atoms with Gasteiger partial charge >= 0.3 is 0 Å². The van der Waals surface area contributed by atoms with Crippen molar-refractivity contribution in [2.45, 2.75) is 38.1 Å². The van der Waals surface area contributed by atoms with E-state index in [-0.39, 0.29) is 41.0 Å². The molecule has 0 unspecified atom stereocenters. The molecule has 0 fully saturated rings. The summed E-state index contributed by atoms with van der Waals surface area (Å²) in [6.07, 6.45) is 0. The molecule has 0 radical (unpaired) electrons. The van der Waals surface area contributed by atoms with Gasteiger partial charge in [0, 0.05) is 12.1 Å². The third-order valence-corrected chi connectivity index (χ3v) is 5.26. The van der Waals surface area contributed by atoms with Gasteiger partial charge < -0.3 is 11.1 Å². The zero-order valence-electron chi connectivity index (χ0n) is 15.9. The van der Waals surface area contributed by atoms with Crippen LogP contribution in [0.25, 0.3) is 0 Å². The summed E-state index contributed by atoms with van der Waals surface area (Å²) in [4.78, 5) is 12.6. The van der Waals surface area contributed by atoms with Crippen molar-refractivity contribution in [3.8, 4) is 0 Å². The normalized spacial score (nSPS) is 11.4. The maximum absolute atomic E-state index is 12.8. The van der Waals surface area contributed by atoms with E-state index >= 15 is 0 Å². The van der Waals surface area contributed by atoms with Gasteiger partial charge in [0.1, 0.15) is 0 Å². The van der Waals surface area contributed by atoms with Gasteiger partial charge in [-0.05, 0) is 57.0 Å². The Morgan fingerprint density at radius 3 is 2.37 bits per heavy atom. The molecule has 0 aliphatic carbocycles. The molecule has 0 saturated heterocycles. The van der Waals surface area contributed by atoms with E-state index in [0.717, 1.165) is 5.56 Å². The van der Waals surface area contributed by atoms with Crippen molar-refractivity contribution in [1.29, 1.82) is 0 Å². The molecule has 4 N–H and O–H groups in total. The summed E-state index contributed by atoms with van der Waals surface area (Å²) >= 11 is 0. The number of benzene rings is 2. The van der Waals surface area contributed by atoms with Crippen LogP contribution in [-0.2, 0) is 10.0 Å². The number of nitrogens with one attached hydrogen (secondary N) is 2. The molecule has 2 aromatic carbocycles. The number of hydrogen-bond acceptors (Lipinski definition) is 4. The molecule has 0 saturated carbocycles. The van der Waals surface area contributed by atoms with E-state index in [9.17, 15) is 13.2 Å². The highest BCUT2D eigenvalue weighted by Gasteiger charge is 2.21. The smallest absolute Gasteiger partial charge is 0.262 e. The second-order valence-corrected chi connectivity index (χ2v) is 8.74. The summed E-state index contributed by atoms with van der Waals surface area (Å²) in [5.74, 6) is -0.386. The van der Waals surface area contributed by atoms with Crippen LogP contribution in [0, 0.1) is 13.8 Å². The van der Waals surface area contributed by atoms with Crippen molar-refractivity contribution in [3.05, 3.63) is 59.2 Å². The first-order chi connectivity index (χ1) is 12.0. The molecule has 148 valence electrons. The molecular weight excluding hydrogens is 386 g/mol. The number of amides is 1. The van der Waals surface area contributed by atoms with Crippen LogP contribution < -0.4 is 15.8 Å². The number of carbonyl (C=O) groups excluding carboxylic acids is 1. The van der Waals surface area contributed by atoms with Crippen molar-refractivity contribution in [2.24, 2.45) is 5.73 Å². The highest BCUT2D eigenvalue weighted by atomic mass is 35.5. The minimum atomic E-state index is -3.82. The quantitative estimate of drug-likeness (QED) is 0.680. The molecular formula is C19H26ClN3O3S. The number of aryl methyl sites for hydroxylation is 2. The van der Waals surface area contributed by atoms with Gasteiger partial charge in [-0.25, -0.2) is 8.42 Å². The van der Waals surface area contributed by atoms with Crippen molar-refractivity contribution < 1.29 is 13.2 Å². The largest absolute Gasteiger partial charge is 0.350 e. The minimum Gasteiger partial charge on any atom is -0.350 e. The molecule has 0 aliphatic rings. The second kappa shape index (κ2) is 8.73. The molecule has 0 spiro atoms. The Morgan fingerprint density at radius 1 is 1.11 bits per heavy atom. The lowest BCUT2D eigenvalue weighted by molar-refractivity contribution is 0.0947. The molecule has 1 amide bonds. The number of rotatable bonds is 6. The Labute approximate surface area is 167 Å². The van der Waals surface area contributed by atoms with Gasteiger partial charge in [0.15, 0.2) is 0 Å². The van der Waals surface area contributed by atoms with E-state index in [0.29, 0.717) is 5.56 Å². The molecule has 27 heavy (non-hydrogen) atoms. The molecule has 2 aromatic rings. The molecule has 8 heteroatoms. The molecule has 0 aromatic heterocycles. The Hall–Kier alpha value is -2.09. The first-order valence-electron chi connectivity index (χ1n) is 8.26. The number of para-hydroxylation sites is 1. The Balaban J connectivity index is 0.00000364. The molecule has 0 bridgehead atoms. The lowest BCUT2D eigenvalue weighted by atomic mass is 10.1. The topological polar surface area (TPSA) is 101 Å². The van der Waals surface area contributed by atoms with Gasteiger partial charge in [-0.15, -0.1) is 12.4 Å². The standard InChI is InChI=1S/C19H25N3O3S.ClH/c1-13-9-10-14(2)17(11-13)26(24,25)22-16-8-6-5-7-15(16)18(23)21-12-19(3,4)20;/h5-11,22H,12,20H2,1-4H3,(H,21,23);1H. The fourth-order valence-electron chi connectivity index (χ4n) is 2.37. The monoisotopic (exact) mass is 411 g/mol. The van der Waals surface area contributed by atoms with E-state index in [1.165, 1.54) is 0 Å². The van der Waals surface area contributed by atoms with Gasteiger partial charge in [-0.3, -0.25) is 9.52 Å². The summed E-state index contributed by atoms with van der Waals surface area (Å²) < 4.78 is 28.1. The first-order valence-corrected chi connectivity index (χ1v) is 9.74. The fourth-order valence-corrected chi connectivity index (χ4v) is 3.78. The van der Waals surface area contributed by atoms with Crippen LogP contribution in [0.3, 0.4) is 0 Å². The lowest BCUT2D eigenvalue weighted by Crippen LogP contribution is -2.45. The first kappa shape index (κ1) is 23.0. The lowest BCUT2D eigenvalue weighted by Gasteiger charge is -2.20.